The summed E-state index contributed by atoms with van der Waals surface area (Å²) in [4.78, 5) is 50.0. The molecule has 0 atom stereocenters. The van der Waals surface area contributed by atoms with Crippen LogP contribution in [0.2, 0.25) is 0 Å². The quantitative estimate of drug-likeness (QED) is 0.557. The van der Waals surface area contributed by atoms with Gasteiger partial charge in [-0.05, 0) is 44.0 Å². The van der Waals surface area contributed by atoms with Crippen LogP contribution >= 0.6 is 0 Å². The third-order valence-electron chi connectivity index (χ3n) is 7.40. The van der Waals surface area contributed by atoms with E-state index in [9.17, 15) is 14.4 Å². The number of aromatic nitrogens is 3. The zero-order chi connectivity index (χ0) is 25.2. The lowest BCUT2D eigenvalue weighted by atomic mass is 9.94. The Bertz CT molecular complexity index is 1340. The van der Waals surface area contributed by atoms with Crippen LogP contribution in [0, 0.1) is 12.8 Å². The van der Waals surface area contributed by atoms with E-state index in [0.29, 0.717) is 50.4 Å². The molecule has 0 radical (unpaired) electrons. The summed E-state index contributed by atoms with van der Waals surface area (Å²) in [6.07, 6.45) is 3.17. The molecule has 3 aromatic rings. The van der Waals surface area contributed by atoms with Crippen LogP contribution in [0.15, 0.2) is 64.3 Å². The zero-order valence-electron chi connectivity index (χ0n) is 20.8. The van der Waals surface area contributed by atoms with Crippen LogP contribution in [0.1, 0.15) is 18.5 Å². The summed E-state index contributed by atoms with van der Waals surface area (Å²) in [6, 6.07) is 15.3. The number of nitrogens with zero attached hydrogens (tertiary/aromatic N) is 6. The molecule has 188 valence electrons. The molecule has 0 aliphatic carbocycles. The monoisotopic (exact) mass is 488 g/mol. The van der Waals surface area contributed by atoms with E-state index in [-0.39, 0.29) is 23.1 Å². The molecule has 1 aromatic carbocycles. The van der Waals surface area contributed by atoms with E-state index in [1.807, 2.05) is 65.3 Å². The SMILES string of the molecule is Cc1c(N2CCC(C(=O)N3CCN(c4ccccn4)CC3)CC2)c(=O)n(C)c(=O)n1-c1ccccc1. The number of piperidine rings is 1. The lowest BCUT2D eigenvalue weighted by molar-refractivity contribution is -0.136. The Balaban J connectivity index is 1.27. The number of hydrogen-bond donors (Lipinski definition) is 0. The number of benzene rings is 1. The van der Waals surface area contributed by atoms with Crippen LogP contribution in [0.4, 0.5) is 11.5 Å². The van der Waals surface area contributed by atoms with Crippen LogP contribution in [-0.2, 0) is 11.8 Å². The summed E-state index contributed by atoms with van der Waals surface area (Å²) >= 11 is 0. The van der Waals surface area contributed by atoms with Gasteiger partial charge in [0.1, 0.15) is 11.5 Å². The first kappa shape index (κ1) is 23.8. The molecule has 2 fully saturated rings. The Labute approximate surface area is 210 Å². The minimum atomic E-state index is -0.359. The van der Waals surface area contributed by atoms with Gasteiger partial charge in [-0.15, -0.1) is 0 Å². The van der Waals surface area contributed by atoms with Crippen molar-refractivity contribution >= 4 is 17.4 Å². The molecule has 0 spiro atoms. The molecule has 36 heavy (non-hydrogen) atoms. The van der Waals surface area contributed by atoms with Crippen LogP contribution < -0.4 is 21.0 Å². The van der Waals surface area contributed by atoms with Gasteiger partial charge < -0.3 is 14.7 Å². The molecule has 5 rings (SSSR count). The number of amides is 1. The molecule has 2 aliphatic rings. The van der Waals surface area contributed by atoms with Gasteiger partial charge in [0, 0.05) is 58.4 Å². The van der Waals surface area contributed by atoms with Crippen LogP contribution in [0.5, 0.6) is 0 Å². The Hall–Kier alpha value is -3.88. The lowest BCUT2D eigenvalue weighted by Crippen LogP contribution is -2.52. The van der Waals surface area contributed by atoms with E-state index in [4.69, 9.17) is 0 Å². The van der Waals surface area contributed by atoms with Crippen LogP contribution in [-0.4, -0.2) is 64.2 Å². The van der Waals surface area contributed by atoms with E-state index in [0.717, 1.165) is 24.6 Å². The summed E-state index contributed by atoms with van der Waals surface area (Å²) in [5.74, 6) is 1.10. The molecular weight excluding hydrogens is 456 g/mol. The molecule has 0 N–H and O–H groups in total. The van der Waals surface area contributed by atoms with Gasteiger partial charge in [0.2, 0.25) is 5.91 Å². The number of hydrogen-bond acceptors (Lipinski definition) is 6. The molecule has 2 aliphatic heterocycles. The first-order valence-corrected chi connectivity index (χ1v) is 12.5. The van der Waals surface area contributed by atoms with Crippen molar-refractivity contribution in [1.29, 1.82) is 0 Å². The minimum Gasteiger partial charge on any atom is -0.366 e. The number of carbonyl (C=O) groups excluding carboxylic acids is 1. The smallest absolute Gasteiger partial charge is 0.335 e. The van der Waals surface area contributed by atoms with Gasteiger partial charge in [-0.2, -0.15) is 0 Å². The number of anilines is 2. The number of pyridine rings is 1. The van der Waals surface area contributed by atoms with E-state index in [2.05, 4.69) is 9.88 Å². The predicted molar refractivity (Wildman–Crippen MR) is 140 cm³/mol. The summed E-state index contributed by atoms with van der Waals surface area (Å²) in [5.41, 5.74) is 1.25. The summed E-state index contributed by atoms with van der Waals surface area (Å²) in [5, 5.41) is 0. The van der Waals surface area contributed by atoms with Crippen molar-refractivity contribution in [3.63, 3.8) is 0 Å². The highest BCUT2D eigenvalue weighted by atomic mass is 16.2. The Kier molecular flexibility index (Phi) is 6.63. The molecular formula is C27H32N6O3. The van der Waals surface area contributed by atoms with Crippen molar-refractivity contribution in [2.75, 3.05) is 49.1 Å². The van der Waals surface area contributed by atoms with Crippen molar-refractivity contribution < 1.29 is 4.79 Å². The predicted octanol–water partition coefficient (Wildman–Crippen LogP) is 1.80. The second-order valence-corrected chi connectivity index (χ2v) is 9.51. The molecule has 9 nitrogen and oxygen atoms in total. The molecule has 1 amide bonds. The highest BCUT2D eigenvalue weighted by Crippen LogP contribution is 2.26. The maximum Gasteiger partial charge on any atom is 0.335 e. The second kappa shape index (κ2) is 10.0. The molecule has 0 unspecified atom stereocenters. The van der Waals surface area contributed by atoms with Crippen molar-refractivity contribution in [2.24, 2.45) is 13.0 Å². The molecule has 0 bridgehead atoms. The molecule has 4 heterocycles. The second-order valence-electron chi connectivity index (χ2n) is 9.51. The normalized spacial score (nSPS) is 16.9. The first-order valence-electron chi connectivity index (χ1n) is 12.5. The fourth-order valence-electron chi connectivity index (χ4n) is 5.35. The number of para-hydroxylation sites is 1. The van der Waals surface area contributed by atoms with Gasteiger partial charge in [-0.3, -0.25) is 18.7 Å². The van der Waals surface area contributed by atoms with Crippen molar-refractivity contribution in [3.05, 3.63) is 81.3 Å². The summed E-state index contributed by atoms with van der Waals surface area (Å²) in [7, 11) is 1.52. The van der Waals surface area contributed by atoms with E-state index < -0.39 is 0 Å². The maximum absolute atomic E-state index is 13.3. The van der Waals surface area contributed by atoms with E-state index >= 15 is 0 Å². The average Bonchev–Trinajstić information content (AvgIpc) is 2.93. The number of carbonyl (C=O) groups is 1. The fraction of sp³-hybridized carbons (Fsp3) is 0.407. The van der Waals surface area contributed by atoms with Gasteiger partial charge >= 0.3 is 5.69 Å². The van der Waals surface area contributed by atoms with Crippen LogP contribution in [0.25, 0.3) is 5.69 Å². The molecule has 9 heteroatoms. The summed E-state index contributed by atoms with van der Waals surface area (Å²) < 4.78 is 2.77. The largest absolute Gasteiger partial charge is 0.366 e. The Morgan fingerprint density at radius 2 is 1.53 bits per heavy atom. The van der Waals surface area contributed by atoms with Gasteiger partial charge in [-0.25, -0.2) is 9.78 Å². The lowest BCUT2D eigenvalue weighted by Gasteiger charge is -2.39. The van der Waals surface area contributed by atoms with E-state index in [1.54, 1.807) is 10.8 Å². The van der Waals surface area contributed by atoms with Crippen molar-refractivity contribution in [2.45, 2.75) is 19.8 Å². The highest BCUT2D eigenvalue weighted by Gasteiger charge is 2.32. The number of piperazine rings is 1. The third-order valence-corrected chi connectivity index (χ3v) is 7.40. The van der Waals surface area contributed by atoms with Crippen molar-refractivity contribution in [1.82, 2.24) is 19.0 Å². The minimum absolute atomic E-state index is 0.0492. The van der Waals surface area contributed by atoms with Gasteiger partial charge in [0.15, 0.2) is 0 Å². The summed E-state index contributed by atoms with van der Waals surface area (Å²) in [6.45, 7) is 5.97. The first-order chi connectivity index (χ1) is 17.5. The molecule has 0 saturated carbocycles. The third kappa shape index (κ3) is 4.41. The Morgan fingerprint density at radius 1 is 0.861 bits per heavy atom. The zero-order valence-corrected chi connectivity index (χ0v) is 20.8. The fourth-order valence-corrected chi connectivity index (χ4v) is 5.35. The van der Waals surface area contributed by atoms with E-state index in [1.165, 1.54) is 11.6 Å². The van der Waals surface area contributed by atoms with Gasteiger partial charge in [-0.1, -0.05) is 24.3 Å². The topological polar surface area (TPSA) is 83.7 Å². The molecule has 2 aromatic heterocycles. The van der Waals surface area contributed by atoms with Gasteiger partial charge in [0.25, 0.3) is 5.56 Å². The average molecular weight is 489 g/mol. The Morgan fingerprint density at radius 3 is 2.17 bits per heavy atom. The van der Waals surface area contributed by atoms with Crippen molar-refractivity contribution in [3.8, 4) is 5.69 Å². The molecule has 2 saturated heterocycles. The maximum atomic E-state index is 13.3. The highest BCUT2D eigenvalue weighted by molar-refractivity contribution is 5.79. The number of rotatable bonds is 4. The van der Waals surface area contributed by atoms with Crippen LogP contribution in [0.3, 0.4) is 0 Å². The van der Waals surface area contributed by atoms with Gasteiger partial charge in [0.05, 0.1) is 11.4 Å². The standard InChI is InChI=1S/C27H32N6O3/c1-20-24(26(35)29(2)27(36)33(20)22-8-4-3-5-9-22)31-14-11-21(12-15-31)25(34)32-18-16-30(17-19-32)23-10-6-7-13-28-23/h3-10,13,21H,11-12,14-19H2,1-2H3.